The lowest BCUT2D eigenvalue weighted by Gasteiger charge is -2.13. The van der Waals surface area contributed by atoms with Crippen molar-refractivity contribution in [2.24, 2.45) is 0 Å². The van der Waals surface area contributed by atoms with E-state index in [-0.39, 0.29) is 10.9 Å². The van der Waals surface area contributed by atoms with Gasteiger partial charge in [-0.25, -0.2) is 0 Å². The molecule has 1 aliphatic carbocycles. The Bertz CT molecular complexity index is 706. The molecule has 1 N–H and O–H groups in total. The molecule has 0 bridgehead atoms. The average Bonchev–Trinajstić information content (AvgIpc) is 2.55. The second kappa shape index (κ2) is 6.45. The molecule has 2 heteroatoms. The fourth-order valence-corrected chi connectivity index (χ4v) is 5.09. The second-order valence-electron chi connectivity index (χ2n) is 5.61. The van der Waals surface area contributed by atoms with Crippen LogP contribution in [0.1, 0.15) is 24.0 Å². The van der Waals surface area contributed by atoms with Crippen LogP contribution in [0.2, 0.25) is 0 Å². The highest BCUT2D eigenvalue weighted by molar-refractivity contribution is 8.00. The molecule has 22 heavy (non-hydrogen) atoms. The lowest BCUT2D eigenvalue weighted by atomic mass is 10.1. The predicted octanol–water partition coefficient (Wildman–Crippen LogP) is 5.28. The molecule has 1 unspecified atom stereocenters. The van der Waals surface area contributed by atoms with Gasteiger partial charge in [0.15, 0.2) is 14.7 Å². The molecule has 1 atom stereocenters. The molecular formula is C20H21OS+. The number of rotatable bonds is 3. The van der Waals surface area contributed by atoms with Crippen LogP contribution in [-0.4, -0.2) is 5.11 Å². The van der Waals surface area contributed by atoms with E-state index in [0.29, 0.717) is 5.75 Å². The lowest BCUT2D eigenvalue weighted by molar-refractivity contribution is 0.466. The summed E-state index contributed by atoms with van der Waals surface area (Å²) >= 11 is 0. The van der Waals surface area contributed by atoms with Crippen LogP contribution in [0.15, 0.2) is 75.4 Å². The summed E-state index contributed by atoms with van der Waals surface area (Å²) in [6, 6.07) is 14.9. The van der Waals surface area contributed by atoms with E-state index in [1.54, 1.807) is 0 Å². The molecule has 0 saturated carbocycles. The van der Waals surface area contributed by atoms with Crippen molar-refractivity contribution in [1.29, 1.82) is 0 Å². The Balaban J connectivity index is 2.14. The fourth-order valence-electron chi connectivity index (χ4n) is 2.74. The van der Waals surface area contributed by atoms with Crippen LogP contribution in [0, 0.1) is 13.8 Å². The van der Waals surface area contributed by atoms with Gasteiger partial charge in [-0.15, -0.1) is 0 Å². The minimum atomic E-state index is -0.103. The Kier molecular flexibility index (Phi) is 4.39. The van der Waals surface area contributed by atoms with Gasteiger partial charge >= 0.3 is 0 Å². The summed E-state index contributed by atoms with van der Waals surface area (Å²) in [5, 5.41) is 10.1. The van der Waals surface area contributed by atoms with E-state index in [0.717, 1.165) is 24.0 Å². The van der Waals surface area contributed by atoms with E-state index >= 15 is 0 Å². The summed E-state index contributed by atoms with van der Waals surface area (Å²) in [5.41, 5.74) is 1.90. The molecule has 0 spiro atoms. The molecule has 0 heterocycles. The van der Waals surface area contributed by atoms with Gasteiger partial charge in [0.1, 0.15) is 5.75 Å². The standard InChI is InChI=1S/C20H20OS/c1-15-13-19(14-16(2)20(15)21)22(17-9-5-3-6-10-17)18-11-7-4-8-12-18/h3,5-7,9-14H,4,8H2,1-2H3/p+1. The van der Waals surface area contributed by atoms with Crippen molar-refractivity contribution < 1.29 is 5.11 Å². The van der Waals surface area contributed by atoms with Crippen molar-refractivity contribution in [1.82, 2.24) is 0 Å². The van der Waals surface area contributed by atoms with Crippen molar-refractivity contribution in [3.8, 4) is 5.75 Å². The Morgan fingerprint density at radius 2 is 1.59 bits per heavy atom. The SMILES string of the molecule is Cc1cc([S+](C2=CCCC=C2)c2ccccc2)cc(C)c1O. The van der Waals surface area contributed by atoms with Crippen LogP contribution in [-0.2, 0) is 10.9 Å². The molecule has 0 aliphatic heterocycles. The van der Waals surface area contributed by atoms with Crippen LogP contribution in [0.4, 0.5) is 0 Å². The summed E-state index contributed by atoms with van der Waals surface area (Å²) in [4.78, 5) is 3.98. The Labute approximate surface area is 135 Å². The molecule has 2 aromatic carbocycles. The minimum Gasteiger partial charge on any atom is -0.507 e. The molecule has 1 nitrogen and oxygen atoms in total. The third-order valence-corrected chi connectivity index (χ3v) is 6.10. The van der Waals surface area contributed by atoms with Crippen molar-refractivity contribution in [2.75, 3.05) is 0 Å². The molecule has 3 rings (SSSR count). The van der Waals surface area contributed by atoms with Gasteiger partial charge in [0, 0.05) is 12.1 Å². The molecule has 0 aromatic heterocycles. The highest BCUT2D eigenvalue weighted by Gasteiger charge is 2.31. The number of benzene rings is 2. The van der Waals surface area contributed by atoms with E-state index < -0.39 is 0 Å². The van der Waals surface area contributed by atoms with Crippen molar-refractivity contribution in [3.05, 3.63) is 76.7 Å². The highest BCUT2D eigenvalue weighted by Crippen LogP contribution is 2.36. The van der Waals surface area contributed by atoms with E-state index in [2.05, 4.69) is 60.7 Å². The topological polar surface area (TPSA) is 20.2 Å². The van der Waals surface area contributed by atoms with Crippen LogP contribution in [0.25, 0.3) is 0 Å². The van der Waals surface area contributed by atoms with E-state index in [9.17, 15) is 5.11 Å². The van der Waals surface area contributed by atoms with Gasteiger partial charge in [-0.3, -0.25) is 0 Å². The van der Waals surface area contributed by atoms with Gasteiger partial charge in [-0.1, -0.05) is 24.3 Å². The quantitative estimate of drug-likeness (QED) is 0.765. The number of hydrogen-bond donors (Lipinski definition) is 1. The Morgan fingerprint density at radius 1 is 0.909 bits per heavy atom. The average molecular weight is 309 g/mol. The molecule has 1 aliphatic rings. The number of hydrogen-bond acceptors (Lipinski definition) is 1. The zero-order chi connectivity index (χ0) is 15.5. The summed E-state index contributed by atoms with van der Waals surface area (Å²) < 4.78 is 0. The summed E-state index contributed by atoms with van der Waals surface area (Å²) in [6.45, 7) is 3.95. The Hall–Kier alpha value is -1.93. The van der Waals surface area contributed by atoms with Crippen LogP contribution >= 0.6 is 0 Å². The normalized spacial score (nSPS) is 15.5. The third-order valence-electron chi connectivity index (χ3n) is 3.88. The van der Waals surface area contributed by atoms with Gasteiger partial charge < -0.3 is 5.11 Å². The second-order valence-corrected chi connectivity index (χ2v) is 7.64. The molecule has 0 fully saturated rings. The number of aryl methyl sites for hydroxylation is 2. The smallest absolute Gasteiger partial charge is 0.167 e. The van der Waals surface area contributed by atoms with Gasteiger partial charge in [-0.2, -0.15) is 0 Å². The lowest BCUT2D eigenvalue weighted by Crippen LogP contribution is -2.08. The first-order valence-electron chi connectivity index (χ1n) is 7.63. The van der Waals surface area contributed by atoms with E-state index in [1.807, 2.05) is 13.8 Å². The Morgan fingerprint density at radius 3 is 2.18 bits per heavy atom. The van der Waals surface area contributed by atoms with E-state index in [4.69, 9.17) is 0 Å². The van der Waals surface area contributed by atoms with Gasteiger partial charge in [0.25, 0.3) is 0 Å². The molecule has 2 aromatic rings. The maximum absolute atomic E-state index is 10.1. The first-order chi connectivity index (χ1) is 10.7. The summed E-state index contributed by atoms with van der Waals surface area (Å²) in [6.07, 6.45) is 9.12. The van der Waals surface area contributed by atoms with Crippen molar-refractivity contribution in [2.45, 2.75) is 36.5 Å². The maximum atomic E-state index is 10.1. The minimum absolute atomic E-state index is 0.103. The molecule has 0 radical (unpaired) electrons. The van der Waals surface area contributed by atoms with E-state index in [1.165, 1.54) is 14.7 Å². The van der Waals surface area contributed by atoms with Crippen molar-refractivity contribution in [3.63, 3.8) is 0 Å². The zero-order valence-corrected chi connectivity index (χ0v) is 13.9. The number of phenols is 1. The number of aromatic hydroxyl groups is 1. The van der Waals surface area contributed by atoms with Crippen LogP contribution in [0.5, 0.6) is 5.75 Å². The summed E-state index contributed by atoms with van der Waals surface area (Å²) in [5.74, 6) is 0.411. The van der Waals surface area contributed by atoms with Gasteiger partial charge in [0.05, 0.1) is 10.9 Å². The van der Waals surface area contributed by atoms with Gasteiger partial charge in [-0.05, 0) is 62.1 Å². The van der Waals surface area contributed by atoms with Crippen LogP contribution < -0.4 is 0 Å². The first kappa shape index (κ1) is 15.0. The molecule has 0 amide bonds. The first-order valence-corrected chi connectivity index (χ1v) is 8.85. The zero-order valence-electron chi connectivity index (χ0n) is 13.0. The summed E-state index contributed by atoms with van der Waals surface area (Å²) in [7, 11) is -0.103. The maximum Gasteiger partial charge on any atom is 0.167 e. The molecule has 112 valence electrons. The number of phenolic OH excluding ortho intramolecular Hbond substituents is 1. The van der Waals surface area contributed by atoms with Gasteiger partial charge in [0.2, 0.25) is 0 Å². The molecule has 0 saturated heterocycles. The largest absolute Gasteiger partial charge is 0.507 e. The van der Waals surface area contributed by atoms with Crippen LogP contribution in [0.3, 0.4) is 0 Å². The third kappa shape index (κ3) is 2.97. The number of allylic oxidation sites excluding steroid dienone is 3. The monoisotopic (exact) mass is 309 g/mol. The van der Waals surface area contributed by atoms with Crippen molar-refractivity contribution >= 4 is 10.9 Å². The predicted molar refractivity (Wildman–Crippen MR) is 94.4 cm³/mol. The molecular weight excluding hydrogens is 288 g/mol. The fraction of sp³-hybridized carbons (Fsp3) is 0.200. The highest BCUT2D eigenvalue weighted by atomic mass is 32.2.